The van der Waals surface area contributed by atoms with Crippen molar-refractivity contribution in [3.05, 3.63) is 35.4 Å². The van der Waals surface area contributed by atoms with Gasteiger partial charge in [-0.15, -0.1) is 11.6 Å². The molecule has 0 spiro atoms. The van der Waals surface area contributed by atoms with Gasteiger partial charge in [-0.3, -0.25) is 0 Å². The standard InChI is InChI=1S/C12H15Cl/c1-10-4-2-3-5-11(10)8-12(9-13)6-7-12/h2-5H,6-9H2,1H3. The predicted molar refractivity (Wildman–Crippen MR) is 57.3 cm³/mol. The number of hydrogen-bond donors (Lipinski definition) is 0. The number of hydrogen-bond acceptors (Lipinski definition) is 0. The molecule has 1 aliphatic carbocycles. The van der Waals surface area contributed by atoms with Gasteiger partial charge in [0.2, 0.25) is 0 Å². The smallest absolute Gasteiger partial charge is 0.0283 e. The summed E-state index contributed by atoms with van der Waals surface area (Å²) < 4.78 is 0. The molecule has 0 amide bonds. The highest BCUT2D eigenvalue weighted by molar-refractivity contribution is 6.18. The van der Waals surface area contributed by atoms with Crippen LogP contribution in [0.3, 0.4) is 0 Å². The van der Waals surface area contributed by atoms with E-state index >= 15 is 0 Å². The van der Waals surface area contributed by atoms with Gasteiger partial charge in [0.15, 0.2) is 0 Å². The lowest BCUT2D eigenvalue weighted by Crippen LogP contribution is -2.07. The van der Waals surface area contributed by atoms with E-state index in [1.54, 1.807) is 0 Å². The fraction of sp³-hybridized carbons (Fsp3) is 0.500. The van der Waals surface area contributed by atoms with E-state index < -0.39 is 0 Å². The summed E-state index contributed by atoms with van der Waals surface area (Å²) in [4.78, 5) is 0. The Labute approximate surface area is 84.9 Å². The molecule has 1 heteroatoms. The molecule has 0 atom stereocenters. The van der Waals surface area contributed by atoms with E-state index in [1.165, 1.54) is 30.4 Å². The second-order valence-electron chi connectivity index (χ2n) is 4.24. The highest BCUT2D eigenvalue weighted by Crippen LogP contribution is 2.49. The topological polar surface area (TPSA) is 0 Å². The Morgan fingerprint density at radius 2 is 2.00 bits per heavy atom. The van der Waals surface area contributed by atoms with Crippen molar-refractivity contribution in [1.82, 2.24) is 0 Å². The van der Waals surface area contributed by atoms with Crippen LogP contribution in [0.4, 0.5) is 0 Å². The summed E-state index contributed by atoms with van der Waals surface area (Å²) in [6.07, 6.45) is 3.79. The van der Waals surface area contributed by atoms with Crippen LogP contribution in [-0.2, 0) is 6.42 Å². The molecule has 2 rings (SSSR count). The van der Waals surface area contributed by atoms with Gasteiger partial charge in [-0.05, 0) is 42.7 Å². The van der Waals surface area contributed by atoms with Crippen molar-refractivity contribution in [1.29, 1.82) is 0 Å². The summed E-state index contributed by atoms with van der Waals surface area (Å²) in [6.45, 7) is 2.18. The molecule has 1 saturated carbocycles. The number of halogens is 1. The third-order valence-corrected chi connectivity index (χ3v) is 3.63. The molecular formula is C12H15Cl. The molecule has 13 heavy (non-hydrogen) atoms. The Kier molecular flexibility index (Phi) is 2.33. The molecule has 0 aromatic heterocycles. The Hall–Kier alpha value is -0.490. The van der Waals surface area contributed by atoms with E-state index in [0.29, 0.717) is 5.41 Å². The lowest BCUT2D eigenvalue weighted by atomic mass is 9.95. The maximum absolute atomic E-state index is 5.96. The molecule has 0 heterocycles. The second-order valence-corrected chi connectivity index (χ2v) is 4.50. The average Bonchev–Trinajstić information content (AvgIpc) is 2.90. The minimum absolute atomic E-state index is 0.452. The fourth-order valence-electron chi connectivity index (χ4n) is 1.75. The zero-order valence-electron chi connectivity index (χ0n) is 8.02. The predicted octanol–water partition coefficient (Wildman–Crippen LogP) is 3.56. The summed E-state index contributed by atoms with van der Waals surface area (Å²) in [5, 5.41) is 0. The van der Waals surface area contributed by atoms with Crippen LogP contribution < -0.4 is 0 Å². The van der Waals surface area contributed by atoms with Crippen molar-refractivity contribution in [2.75, 3.05) is 5.88 Å². The first-order valence-electron chi connectivity index (χ1n) is 4.86. The van der Waals surface area contributed by atoms with Crippen molar-refractivity contribution < 1.29 is 0 Å². The van der Waals surface area contributed by atoms with Crippen LogP contribution in [0.1, 0.15) is 24.0 Å². The van der Waals surface area contributed by atoms with E-state index in [2.05, 4.69) is 31.2 Å². The molecule has 1 fully saturated rings. The lowest BCUT2D eigenvalue weighted by molar-refractivity contribution is 0.576. The Morgan fingerprint density at radius 3 is 2.54 bits per heavy atom. The molecule has 1 aliphatic rings. The van der Waals surface area contributed by atoms with Crippen molar-refractivity contribution >= 4 is 11.6 Å². The van der Waals surface area contributed by atoms with Crippen molar-refractivity contribution in [2.24, 2.45) is 5.41 Å². The Bertz CT molecular complexity index is 300. The molecule has 0 aliphatic heterocycles. The summed E-state index contributed by atoms with van der Waals surface area (Å²) in [6, 6.07) is 8.62. The van der Waals surface area contributed by atoms with E-state index in [1.807, 2.05) is 0 Å². The zero-order chi connectivity index (χ0) is 9.31. The van der Waals surface area contributed by atoms with E-state index in [-0.39, 0.29) is 0 Å². The third kappa shape index (κ3) is 1.88. The largest absolute Gasteiger partial charge is 0.126 e. The van der Waals surface area contributed by atoms with Gasteiger partial charge in [0.25, 0.3) is 0 Å². The molecule has 1 aromatic rings. The van der Waals surface area contributed by atoms with Crippen LogP contribution in [0.5, 0.6) is 0 Å². The van der Waals surface area contributed by atoms with Crippen LogP contribution in [0.25, 0.3) is 0 Å². The summed E-state index contributed by atoms with van der Waals surface area (Å²) in [5.74, 6) is 0.821. The van der Waals surface area contributed by atoms with Crippen LogP contribution in [-0.4, -0.2) is 5.88 Å². The summed E-state index contributed by atoms with van der Waals surface area (Å²) >= 11 is 5.96. The number of benzene rings is 1. The first-order valence-corrected chi connectivity index (χ1v) is 5.40. The maximum Gasteiger partial charge on any atom is 0.0283 e. The van der Waals surface area contributed by atoms with Gasteiger partial charge in [0.05, 0.1) is 0 Å². The van der Waals surface area contributed by atoms with Gasteiger partial charge in [0, 0.05) is 5.88 Å². The van der Waals surface area contributed by atoms with Crippen LogP contribution in [0, 0.1) is 12.3 Å². The van der Waals surface area contributed by atoms with Crippen molar-refractivity contribution in [3.63, 3.8) is 0 Å². The molecular weight excluding hydrogens is 180 g/mol. The number of aryl methyl sites for hydroxylation is 1. The van der Waals surface area contributed by atoms with Crippen molar-refractivity contribution in [2.45, 2.75) is 26.2 Å². The highest BCUT2D eigenvalue weighted by Gasteiger charge is 2.41. The first-order chi connectivity index (χ1) is 6.26. The van der Waals surface area contributed by atoms with E-state index in [0.717, 1.165) is 5.88 Å². The summed E-state index contributed by atoms with van der Waals surface area (Å²) in [7, 11) is 0. The SMILES string of the molecule is Cc1ccccc1CC1(CCl)CC1. The molecule has 0 bridgehead atoms. The zero-order valence-corrected chi connectivity index (χ0v) is 8.77. The summed E-state index contributed by atoms with van der Waals surface area (Å²) in [5.41, 5.74) is 3.33. The monoisotopic (exact) mass is 194 g/mol. The van der Waals surface area contributed by atoms with Crippen LogP contribution in [0.15, 0.2) is 24.3 Å². The first kappa shape index (κ1) is 9.08. The number of alkyl halides is 1. The minimum atomic E-state index is 0.452. The normalized spacial score (nSPS) is 18.6. The van der Waals surface area contributed by atoms with Gasteiger partial charge in [-0.25, -0.2) is 0 Å². The highest BCUT2D eigenvalue weighted by atomic mass is 35.5. The average molecular weight is 195 g/mol. The van der Waals surface area contributed by atoms with Gasteiger partial charge in [0.1, 0.15) is 0 Å². The molecule has 0 N–H and O–H groups in total. The van der Waals surface area contributed by atoms with Crippen LogP contribution in [0.2, 0.25) is 0 Å². The van der Waals surface area contributed by atoms with E-state index in [9.17, 15) is 0 Å². The van der Waals surface area contributed by atoms with E-state index in [4.69, 9.17) is 11.6 Å². The maximum atomic E-state index is 5.96. The van der Waals surface area contributed by atoms with Gasteiger partial charge in [-0.2, -0.15) is 0 Å². The van der Waals surface area contributed by atoms with Gasteiger partial charge >= 0.3 is 0 Å². The van der Waals surface area contributed by atoms with Crippen LogP contribution >= 0.6 is 11.6 Å². The molecule has 1 aromatic carbocycles. The molecule has 70 valence electrons. The molecule has 0 radical (unpaired) electrons. The molecule has 0 saturated heterocycles. The fourth-order valence-corrected chi connectivity index (χ4v) is 2.11. The lowest BCUT2D eigenvalue weighted by Gasteiger charge is -2.12. The van der Waals surface area contributed by atoms with Crippen molar-refractivity contribution in [3.8, 4) is 0 Å². The second kappa shape index (κ2) is 3.34. The Balaban J connectivity index is 2.14. The molecule has 0 nitrogen and oxygen atoms in total. The number of rotatable bonds is 3. The van der Waals surface area contributed by atoms with Gasteiger partial charge < -0.3 is 0 Å². The minimum Gasteiger partial charge on any atom is -0.126 e. The third-order valence-electron chi connectivity index (χ3n) is 3.07. The van der Waals surface area contributed by atoms with Gasteiger partial charge in [-0.1, -0.05) is 24.3 Å². The Morgan fingerprint density at radius 1 is 1.31 bits per heavy atom. The quantitative estimate of drug-likeness (QED) is 0.646. The molecule has 0 unspecified atom stereocenters.